The molecule has 6 nitrogen and oxygen atoms in total. The van der Waals surface area contributed by atoms with Crippen LogP contribution in [0.2, 0.25) is 0 Å². The van der Waals surface area contributed by atoms with Gasteiger partial charge in [-0.15, -0.1) is 0 Å². The largest absolute Gasteiger partial charge is 0.310 e. The monoisotopic (exact) mass is 337 g/mol. The van der Waals surface area contributed by atoms with Crippen LogP contribution in [-0.2, 0) is 13.1 Å². The molecule has 0 radical (unpaired) electrons. The van der Waals surface area contributed by atoms with Gasteiger partial charge in [-0.25, -0.2) is 9.67 Å². The first kappa shape index (κ1) is 16.0. The molecular weight excluding hydrogens is 314 g/mol. The number of H-pyrrole nitrogens is 1. The maximum Gasteiger partial charge on any atom is 0.262 e. The molecule has 1 saturated heterocycles. The number of aromatic amines is 1. The molecule has 0 spiro atoms. The number of benzene rings is 1. The molecule has 1 aliphatic heterocycles. The predicted molar refractivity (Wildman–Crippen MR) is 97.4 cm³/mol. The molecule has 3 aromatic rings. The van der Waals surface area contributed by atoms with Gasteiger partial charge >= 0.3 is 0 Å². The van der Waals surface area contributed by atoms with E-state index in [0.29, 0.717) is 23.5 Å². The number of hydrogen-bond acceptors (Lipinski definition) is 4. The molecule has 4 rings (SSSR count). The zero-order valence-corrected chi connectivity index (χ0v) is 14.6. The average molecular weight is 337 g/mol. The van der Waals surface area contributed by atoms with Gasteiger partial charge in [-0.2, -0.15) is 5.10 Å². The highest BCUT2D eigenvalue weighted by Crippen LogP contribution is 2.31. The van der Waals surface area contributed by atoms with Crippen LogP contribution in [0.1, 0.15) is 31.2 Å². The lowest BCUT2D eigenvalue weighted by Crippen LogP contribution is -2.21. The van der Waals surface area contributed by atoms with Crippen molar-refractivity contribution in [1.29, 1.82) is 0 Å². The van der Waals surface area contributed by atoms with Crippen LogP contribution in [0.5, 0.6) is 0 Å². The van der Waals surface area contributed by atoms with Crippen LogP contribution in [0.4, 0.5) is 0 Å². The second-order valence-electron chi connectivity index (χ2n) is 6.91. The highest BCUT2D eigenvalue weighted by Gasteiger charge is 2.32. The lowest BCUT2D eigenvalue weighted by molar-refractivity contribution is 0.318. The molecule has 6 heteroatoms. The fraction of sp³-hybridized carbons (Fsp3) is 0.421. The molecule has 1 fully saturated rings. The van der Waals surface area contributed by atoms with Crippen molar-refractivity contribution >= 4 is 11.0 Å². The van der Waals surface area contributed by atoms with Crippen LogP contribution in [0.3, 0.4) is 0 Å². The Labute approximate surface area is 146 Å². The topological polar surface area (TPSA) is 66.8 Å². The van der Waals surface area contributed by atoms with Crippen LogP contribution in [0, 0.1) is 5.92 Å². The lowest BCUT2D eigenvalue weighted by atomic mass is 9.97. The first-order chi connectivity index (χ1) is 12.2. The zero-order chi connectivity index (χ0) is 17.4. The molecule has 0 bridgehead atoms. The van der Waals surface area contributed by atoms with E-state index in [1.165, 1.54) is 5.56 Å². The first-order valence-electron chi connectivity index (χ1n) is 8.87. The Morgan fingerprint density at radius 3 is 2.80 bits per heavy atom. The molecule has 0 unspecified atom stereocenters. The normalized spacial score (nSPS) is 21.2. The van der Waals surface area contributed by atoms with Gasteiger partial charge in [0.1, 0.15) is 11.2 Å². The van der Waals surface area contributed by atoms with Gasteiger partial charge in [-0.3, -0.25) is 9.69 Å². The molecule has 1 aliphatic rings. The van der Waals surface area contributed by atoms with Crippen molar-refractivity contribution in [1.82, 2.24) is 24.6 Å². The maximum absolute atomic E-state index is 12.4. The summed E-state index contributed by atoms with van der Waals surface area (Å²) in [6.07, 6.45) is 1.61. The molecule has 25 heavy (non-hydrogen) atoms. The Balaban J connectivity index is 1.61. The minimum absolute atomic E-state index is 0.0894. The van der Waals surface area contributed by atoms with Gasteiger partial charge in [-0.1, -0.05) is 37.3 Å². The number of fused-ring (bicyclic) bond motifs is 1. The summed E-state index contributed by atoms with van der Waals surface area (Å²) < 4.78 is 1.79. The summed E-state index contributed by atoms with van der Waals surface area (Å²) in [7, 11) is 0. The van der Waals surface area contributed by atoms with Crippen molar-refractivity contribution < 1.29 is 0 Å². The SMILES string of the molecule is CCn1ncc2c(=O)[nH]c([C@@H]3CN(Cc4ccccc4)C[C@H]3C)nc21. The molecular formula is C19H23N5O. The van der Waals surface area contributed by atoms with Crippen molar-refractivity contribution in [3.05, 3.63) is 58.3 Å². The summed E-state index contributed by atoms with van der Waals surface area (Å²) in [6, 6.07) is 10.5. The van der Waals surface area contributed by atoms with Gasteiger partial charge < -0.3 is 4.98 Å². The van der Waals surface area contributed by atoms with Crippen molar-refractivity contribution in [2.24, 2.45) is 5.92 Å². The summed E-state index contributed by atoms with van der Waals surface area (Å²) in [5, 5.41) is 4.82. The van der Waals surface area contributed by atoms with Crippen LogP contribution >= 0.6 is 0 Å². The second kappa shape index (κ2) is 6.44. The maximum atomic E-state index is 12.4. The Morgan fingerprint density at radius 1 is 1.24 bits per heavy atom. The fourth-order valence-corrected chi connectivity index (χ4v) is 3.78. The summed E-state index contributed by atoms with van der Waals surface area (Å²) in [4.78, 5) is 22.6. The van der Waals surface area contributed by atoms with E-state index < -0.39 is 0 Å². The second-order valence-corrected chi connectivity index (χ2v) is 6.91. The molecule has 0 saturated carbocycles. The standard InChI is InChI=1S/C19H23N5O/c1-3-24-18-15(9-20-24)19(25)22-17(21-18)16-12-23(10-13(16)2)11-14-7-5-4-6-8-14/h4-9,13,16H,3,10-12H2,1-2H3,(H,21,22,25)/t13-,16-/m1/s1. The highest BCUT2D eigenvalue weighted by atomic mass is 16.1. The first-order valence-corrected chi connectivity index (χ1v) is 8.87. The molecule has 0 aliphatic carbocycles. The van der Waals surface area contributed by atoms with Crippen LogP contribution < -0.4 is 5.56 Å². The quantitative estimate of drug-likeness (QED) is 0.794. The third kappa shape index (κ3) is 2.98. The third-order valence-corrected chi connectivity index (χ3v) is 5.11. The Hall–Kier alpha value is -2.47. The smallest absolute Gasteiger partial charge is 0.262 e. The molecule has 2 atom stereocenters. The minimum Gasteiger partial charge on any atom is -0.310 e. The number of likely N-dealkylation sites (tertiary alicyclic amines) is 1. The summed E-state index contributed by atoms with van der Waals surface area (Å²) in [5.41, 5.74) is 1.92. The van der Waals surface area contributed by atoms with E-state index >= 15 is 0 Å². The fourth-order valence-electron chi connectivity index (χ4n) is 3.78. The minimum atomic E-state index is -0.0894. The van der Waals surface area contributed by atoms with E-state index in [4.69, 9.17) is 4.98 Å². The number of nitrogens with one attached hydrogen (secondary N) is 1. The van der Waals surface area contributed by atoms with Crippen LogP contribution in [-0.4, -0.2) is 37.7 Å². The highest BCUT2D eigenvalue weighted by molar-refractivity contribution is 5.73. The average Bonchev–Trinajstić information content (AvgIpc) is 3.19. The van der Waals surface area contributed by atoms with Crippen LogP contribution in [0.25, 0.3) is 11.0 Å². The van der Waals surface area contributed by atoms with E-state index in [0.717, 1.165) is 25.5 Å². The van der Waals surface area contributed by atoms with Crippen molar-refractivity contribution in [2.75, 3.05) is 13.1 Å². The predicted octanol–water partition coefficient (Wildman–Crippen LogP) is 2.38. The Morgan fingerprint density at radius 2 is 2.04 bits per heavy atom. The van der Waals surface area contributed by atoms with E-state index in [1.807, 2.05) is 13.0 Å². The van der Waals surface area contributed by atoms with Gasteiger partial charge in [0, 0.05) is 32.1 Å². The molecule has 130 valence electrons. The zero-order valence-electron chi connectivity index (χ0n) is 14.6. The van der Waals surface area contributed by atoms with E-state index in [2.05, 4.69) is 46.2 Å². The van der Waals surface area contributed by atoms with E-state index in [-0.39, 0.29) is 11.5 Å². The van der Waals surface area contributed by atoms with Gasteiger partial charge in [-0.05, 0) is 18.4 Å². The summed E-state index contributed by atoms with van der Waals surface area (Å²) in [5.74, 6) is 1.47. The van der Waals surface area contributed by atoms with Gasteiger partial charge in [0.25, 0.3) is 5.56 Å². The van der Waals surface area contributed by atoms with Gasteiger partial charge in [0.15, 0.2) is 5.65 Å². The Bertz CT molecular complexity index is 930. The number of hydrogen-bond donors (Lipinski definition) is 1. The number of aryl methyl sites for hydroxylation is 1. The summed E-state index contributed by atoms with van der Waals surface area (Å²) >= 11 is 0. The van der Waals surface area contributed by atoms with Gasteiger partial charge in [0.05, 0.1) is 6.20 Å². The van der Waals surface area contributed by atoms with E-state index in [1.54, 1.807) is 10.9 Å². The lowest BCUT2D eigenvalue weighted by Gasteiger charge is -2.15. The number of nitrogens with zero attached hydrogens (tertiary/aromatic N) is 4. The van der Waals surface area contributed by atoms with Crippen molar-refractivity contribution in [3.8, 4) is 0 Å². The van der Waals surface area contributed by atoms with Crippen molar-refractivity contribution in [3.63, 3.8) is 0 Å². The van der Waals surface area contributed by atoms with Crippen molar-refractivity contribution in [2.45, 2.75) is 32.9 Å². The number of aromatic nitrogens is 4. The molecule has 1 N–H and O–H groups in total. The summed E-state index contributed by atoms with van der Waals surface area (Å²) in [6.45, 7) is 7.80. The Kier molecular flexibility index (Phi) is 4.13. The van der Waals surface area contributed by atoms with Crippen LogP contribution in [0.15, 0.2) is 41.3 Å². The molecule has 1 aromatic carbocycles. The van der Waals surface area contributed by atoms with Gasteiger partial charge in [0.2, 0.25) is 0 Å². The number of rotatable bonds is 4. The molecule has 0 amide bonds. The van der Waals surface area contributed by atoms with E-state index in [9.17, 15) is 4.79 Å². The molecule has 2 aromatic heterocycles. The molecule has 3 heterocycles. The third-order valence-electron chi connectivity index (χ3n) is 5.11.